The number of nitrogens with zero attached hydrogens (tertiary/aromatic N) is 3. The molecule has 3 aromatic rings. The van der Waals surface area contributed by atoms with E-state index < -0.39 is 10.0 Å². The second-order valence-corrected chi connectivity index (χ2v) is 9.75. The molecule has 1 aromatic carbocycles. The molecule has 0 atom stereocenters. The third-order valence-electron chi connectivity index (χ3n) is 4.87. The average Bonchev–Trinajstić information content (AvgIpc) is 3.48. The van der Waals surface area contributed by atoms with Crippen LogP contribution < -0.4 is 5.32 Å². The maximum atomic E-state index is 12.8. The minimum atomic E-state index is -3.62. The molecule has 1 fully saturated rings. The molecule has 0 saturated carbocycles. The molecule has 0 unspecified atom stereocenters. The van der Waals surface area contributed by atoms with Crippen LogP contribution in [0.1, 0.15) is 33.6 Å². The number of rotatable bonds is 7. The van der Waals surface area contributed by atoms with Crippen LogP contribution in [0.15, 0.2) is 59.1 Å². The molecule has 0 radical (unpaired) electrons. The predicted molar refractivity (Wildman–Crippen MR) is 111 cm³/mol. The van der Waals surface area contributed by atoms with Crippen LogP contribution in [-0.4, -0.2) is 41.5 Å². The zero-order valence-electron chi connectivity index (χ0n) is 15.8. The molecule has 7 nitrogen and oxygen atoms in total. The lowest BCUT2D eigenvalue weighted by molar-refractivity contribution is 0.0952. The van der Waals surface area contributed by atoms with Crippen molar-refractivity contribution < 1.29 is 13.2 Å². The SMILES string of the molecule is O=C(NCc1cccc(Cn2cccn2)c1)c1sccc1S(=O)(=O)N1CCCC1. The number of benzene rings is 1. The van der Waals surface area contributed by atoms with Crippen molar-refractivity contribution in [3.63, 3.8) is 0 Å². The second kappa shape index (κ2) is 8.48. The Balaban J connectivity index is 1.44. The Bertz CT molecular complexity index is 1080. The molecule has 0 spiro atoms. The molecule has 0 aliphatic carbocycles. The molecule has 3 heterocycles. The summed E-state index contributed by atoms with van der Waals surface area (Å²) in [4.78, 5) is 13.1. The molecule has 9 heteroatoms. The fourth-order valence-corrected chi connectivity index (χ4v) is 6.25. The summed E-state index contributed by atoms with van der Waals surface area (Å²) in [6.45, 7) is 2.01. The van der Waals surface area contributed by atoms with E-state index in [1.807, 2.05) is 41.2 Å². The number of carbonyl (C=O) groups is 1. The van der Waals surface area contributed by atoms with Crippen LogP contribution in [0.3, 0.4) is 0 Å². The van der Waals surface area contributed by atoms with Crippen molar-refractivity contribution in [2.24, 2.45) is 0 Å². The molecule has 0 bridgehead atoms. The first-order valence-electron chi connectivity index (χ1n) is 9.45. The van der Waals surface area contributed by atoms with Crippen LogP contribution in [-0.2, 0) is 23.1 Å². The summed E-state index contributed by atoms with van der Waals surface area (Å²) in [7, 11) is -3.62. The highest BCUT2D eigenvalue weighted by Crippen LogP contribution is 2.27. The standard InChI is InChI=1S/C20H22N4O3S2/c25-20(19-18(7-12-28-19)29(26,27)24-10-1-2-11-24)21-14-16-5-3-6-17(13-16)15-23-9-4-8-22-23/h3-9,12-13H,1-2,10-11,14-15H2,(H,21,25). The molecular formula is C20H22N4O3S2. The van der Waals surface area contributed by atoms with E-state index in [1.54, 1.807) is 11.6 Å². The maximum Gasteiger partial charge on any atom is 0.263 e. The van der Waals surface area contributed by atoms with Crippen molar-refractivity contribution in [2.75, 3.05) is 13.1 Å². The summed E-state index contributed by atoms with van der Waals surface area (Å²) in [5.41, 5.74) is 2.03. The van der Waals surface area contributed by atoms with Gasteiger partial charge in [-0.3, -0.25) is 9.48 Å². The Morgan fingerprint density at radius 2 is 1.93 bits per heavy atom. The number of thiophene rings is 1. The van der Waals surface area contributed by atoms with Crippen LogP contribution in [0.4, 0.5) is 0 Å². The highest BCUT2D eigenvalue weighted by Gasteiger charge is 2.31. The number of nitrogens with one attached hydrogen (secondary N) is 1. The zero-order valence-corrected chi connectivity index (χ0v) is 17.5. The molecule has 2 aromatic heterocycles. The molecule has 29 heavy (non-hydrogen) atoms. The second-order valence-electron chi connectivity index (χ2n) is 6.93. The Morgan fingerprint density at radius 3 is 2.69 bits per heavy atom. The lowest BCUT2D eigenvalue weighted by atomic mass is 10.1. The number of hydrogen-bond donors (Lipinski definition) is 1. The molecule has 1 aliphatic heterocycles. The van der Waals surface area contributed by atoms with Gasteiger partial charge in [-0.1, -0.05) is 24.3 Å². The summed E-state index contributed by atoms with van der Waals surface area (Å²) in [6.07, 6.45) is 5.35. The van der Waals surface area contributed by atoms with E-state index >= 15 is 0 Å². The van der Waals surface area contributed by atoms with Gasteiger partial charge in [0, 0.05) is 32.0 Å². The molecule has 1 N–H and O–H groups in total. The highest BCUT2D eigenvalue weighted by molar-refractivity contribution is 7.89. The van der Waals surface area contributed by atoms with Gasteiger partial charge in [-0.2, -0.15) is 9.40 Å². The van der Waals surface area contributed by atoms with Gasteiger partial charge in [-0.25, -0.2) is 8.42 Å². The van der Waals surface area contributed by atoms with E-state index in [4.69, 9.17) is 0 Å². The van der Waals surface area contributed by atoms with Crippen molar-refractivity contribution in [3.8, 4) is 0 Å². The minimum Gasteiger partial charge on any atom is -0.347 e. The largest absolute Gasteiger partial charge is 0.347 e. The molecule has 1 aliphatic rings. The van der Waals surface area contributed by atoms with Crippen LogP contribution in [0, 0.1) is 0 Å². The Labute approximate surface area is 174 Å². The van der Waals surface area contributed by atoms with Gasteiger partial charge in [-0.05, 0) is 41.5 Å². The van der Waals surface area contributed by atoms with Crippen molar-refractivity contribution in [1.29, 1.82) is 0 Å². The zero-order chi connectivity index (χ0) is 20.3. The fraction of sp³-hybridized carbons (Fsp3) is 0.300. The van der Waals surface area contributed by atoms with Gasteiger partial charge < -0.3 is 5.32 Å². The normalized spacial score (nSPS) is 14.9. The smallest absolute Gasteiger partial charge is 0.263 e. The van der Waals surface area contributed by atoms with E-state index in [0.717, 1.165) is 35.3 Å². The van der Waals surface area contributed by atoms with Gasteiger partial charge in [0.05, 0.1) is 6.54 Å². The lowest BCUT2D eigenvalue weighted by Crippen LogP contribution is -2.30. The van der Waals surface area contributed by atoms with Crippen molar-refractivity contribution >= 4 is 27.3 Å². The first kappa shape index (κ1) is 19.8. The quantitative estimate of drug-likeness (QED) is 0.625. The fourth-order valence-electron chi connectivity index (χ4n) is 3.42. The lowest BCUT2D eigenvalue weighted by Gasteiger charge is -2.15. The molecule has 1 saturated heterocycles. The van der Waals surface area contributed by atoms with E-state index in [-0.39, 0.29) is 15.7 Å². The Hall–Kier alpha value is -2.49. The van der Waals surface area contributed by atoms with Crippen LogP contribution in [0.25, 0.3) is 0 Å². The number of aromatic nitrogens is 2. The van der Waals surface area contributed by atoms with Gasteiger partial charge in [0.15, 0.2) is 0 Å². The molecule has 1 amide bonds. The van der Waals surface area contributed by atoms with E-state index in [9.17, 15) is 13.2 Å². The van der Waals surface area contributed by atoms with E-state index in [0.29, 0.717) is 26.2 Å². The highest BCUT2D eigenvalue weighted by atomic mass is 32.2. The third kappa shape index (κ3) is 4.42. The van der Waals surface area contributed by atoms with Gasteiger partial charge in [-0.15, -0.1) is 11.3 Å². The third-order valence-corrected chi connectivity index (χ3v) is 7.85. The summed E-state index contributed by atoms with van der Waals surface area (Å²) in [5, 5.41) is 8.71. The monoisotopic (exact) mass is 430 g/mol. The van der Waals surface area contributed by atoms with Gasteiger partial charge >= 0.3 is 0 Å². The molecule has 4 rings (SSSR count). The van der Waals surface area contributed by atoms with Crippen molar-refractivity contribution in [3.05, 3.63) is 70.2 Å². The Kier molecular flexibility index (Phi) is 5.79. The maximum absolute atomic E-state index is 12.8. The van der Waals surface area contributed by atoms with E-state index in [1.165, 1.54) is 10.4 Å². The van der Waals surface area contributed by atoms with Gasteiger partial charge in [0.2, 0.25) is 10.0 Å². The first-order valence-corrected chi connectivity index (χ1v) is 11.8. The van der Waals surface area contributed by atoms with Crippen LogP contribution >= 0.6 is 11.3 Å². The Morgan fingerprint density at radius 1 is 1.14 bits per heavy atom. The summed E-state index contributed by atoms with van der Waals surface area (Å²) >= 11 is 1.15. The van der Waals surface area contributed by atoms with Crippen molar-refractivity contribution in [2.45, 2.75) is 30.8 Å². The van der Waals surface area contributed by atoms with Gasteiger partial charge in [0.1, 0.15) is 9.77 Å². The van der Waals surface area contributed by atoms with Gasteiger partial charge in [0.25, 0.3) is 5.91 Å². The summed E-state index contributed by atoms with van der Waals surface area (Å²) < 4.78 is 29.0. The molecular weight excluding hydrogens is 408 g/mol. The van der Waals surface area contributed by atoms with Crippen LogP contribution in [0.2, 0.25) is 0 Å². The van der Waals surface area contributed by atoms with Crippen molar-refractivity contribution in [1.82, 2.24) is 19.4 Å². The topological polar surface area (TPSA) is 84.3 Å². The number of amides is 1. The van der Waals surface area contributed by atoms with Crippen LogP contribution in [0.5, 0.6) is 0 Å². The predicted octanol–water partition coefficient (Wildman–Crippen LogP) is 2.71. The summed E-state index contributed by atoms with van der Waals surface area (Å²) in [6, 6.07) is 11.3. The molecule has 152 valence electrons. The number of hydrogen-bond acceptors (Lipinski definition) is 5. The minimum absolute atomic E-state index is 0.106. The van der Waals surface area contributed by atoms with E-state index in [2.05, 4.69) is 10.4 Å². The first-order chi connectivity index (χ1) is 14.0. The average molecular weight is 431 g/mol. The number of carbonyl (C=O) groups excluding carboxylic acids is 1. The number of sulfonamides is 1. The summed E-state index contributed by atoms with van der Waals surface area (Å²) in [5.74, 6) is -0.366.